The summed E-state index contributed by atoms with van der Waals surface area (Å²) in [5, 5.41) is 0. The summed E-state index contributed by atoms with van der Waals surface area (Å²) >= 11 is 0. The molecule has 0 aromatic rings. The van der Waals surface area contributed by atoms with E-state index in [1.165, 1.54) is 96.3 Å². The second kappa shape index (κ2) is 22.9. The SMILES string of the molecule is CCCCCCCCCCCCCCCCCCOCC(COP(=O)(O)OCC[N+](C)(C)C)N(C)C. The van der Waals surface area contributed by atoms with Crippen molar-refractivity contribution in [2.45, 2.75) is 116 Å². The fraction of sp³-hybridized carbons (Fsp3) is 1.00. The van der Waals surface area contributed by atoms with Crippen LogP contribution in [0, 0.1) is 0 Å². The second-order valence-electron chi connectivity index (χ2n) is 11.6. The number of unbranched alkanes of at least 4 members (excludes halogenated alkanes) is 15. The molecule has 0 saturated carbocycles. The van der Waals surface area contributed by atoms with Crippen molar-refractivity contribution in [2.75, 3.05) is 68.2 Å². The van der Waals surface area contributed by atoms with Gasteiger partial charge < -0.3 is 19.0 Å². The van der Waals surface area contributed by atoms with Crippen LogP contribution in [-0.2, 0) is 18.3 Å². The van der Waals surface area contributed by atoms with Crippen molar-refractivity contribution >= 4 is 7.82 Å². The normalized spacial score (nSPS) is 14.9. The highest BCUT2D eigenvalue weighted by Gasteiger charge is 2.25. The van der Waals surface area contributed by atoms with Gasteiger partial charge in [-0.3, -0.25) is 9.05 Å². The van der Waals surface area contributed by atoms with Crippen molar-refractivity contribution in [3.8, 4) is 0 Å². The van der Waals surface area contributed by atoms with Crippen LogP contribution < -0.4 is 0 Å². The molecule has 0 fully saturated rings. The minimum absolute atomic E-state index is 0.0893. The van der Waals surface area contributed by atoms with Crippen molar-refractivity contribution in [3.05, 3.63) is 0 Å². The molecule has 1 N–H and O–H groups in total. The Morgan fingerprint density at radius 3 is 1.56 bits per heavy atom. The van der Waals surface area contributed by atoms with E-state index in [1.54, 1.807) is 0 Å². The Hall–Kier alpha value is -0.0100. The molecule has 0 bridgehead atoms. The maximum absolute atomic E-state index is 12.1. The molecule has 0 heterocycles. The Balaban J connectivity index is 3.61. The van der Waals surface area contributed by atoms with Crippen molar-refractivity contribution in [2.24, 2.45) is 0 Å². The van der Waals surface area contributed by atoms with Gasteiger partial charge in [-0.2, -0.15) is 0 Å². The van der Waals surface area contributed by atoms with Gasteiger partial charge in [-0.15, -0.1) is 0 Å². The van der Waals surface area contributed by atoms with Crippen LogP contribution in [0.4, 0.5) is 0 Å². The van der Waals surface area contributed by atoms with Gasteiger partial charge in [0.05, 0.1) is 40.4 Å². The largest absolute Gasteiger partial charge is 0.472 e. The van der Waals surface area contributed by atoms with Gasteiger partial charge in [-0.1, -0.05) is 103 Å². The molecule has 0 aromatic heterocycles. The third-order valence-electron chi connectivity index (χ3n) is 6.63. The third kappa shape index (κ3) is 25.6. The van der Waals surface area contributed by atoms with Crippen molar-refractivity contribution in [1.29, 1.82) is 0 Å². The number of hydrogen-bond acceptors (Lipinski definition) is 5. The van der Waals surface area contributed by atoms with Crippen LogP contribution >= 0.6 is 7.82 Å². The second-order valence-corrected chi connectivity index (χ2v) is 13.1. The summed E-state index contributed by atoms with van der Waals surface area (Å²) in [6.07, 6.45) is 21.7. The molecule has 0 saturated heterocycles. The van der Waals surface area contributed by atoms with E-state index in [0.717, 1.165) is 13.0 Å². The summed E-state index contributed by atoms with van der Waals surface area (Å²) in [7, 11) is 5.82. The first-order valence-electron chi connectivity index (χ1n) is 14.7. The van der Waals surface area contributed by atoms with Gasteiger partial charge in [-0.05, 0) is 20.5 Å². The summed E-state index contributed by atoms with van der Waals surface area (Å²) in [6, 6.07) is -0.0893. The highest BCUT2D eigenvalue weighted by atomic mass is 31.2. The van der Waals surface area contributed by atoms with E-state index < -0.39 is 7.82 Å². The molecule has 0 aliphatic rings. The molecule has 0 spiro atoms. The zero-order chi connectivity index (χ0) is 27.1. The number of nitrogens with zero attached hydrogens (tertiary/aromatic N) is 2. The predicted octanol–water partition coefficient (Wildman–Crippen LogP) is 7.03. The number of rotatable bonds is 27. The van der Waals surface area contributed by atoms with Crippen LogP contribution in [0.2, 0.25) is 0 Å². The van der Waals surface area contributed by atoms with Crippen molar-refractivity contribution in [3.63, 3.8) is 0 Å². The first-order chi connectivity index (χ1) is 17.1. The smallest absolute Gasteiger partial charge is 0.380 e. The van der Waals surface area contributed by atoms with E-state index in [0.29, 0.717) is 17.6 Å². The van der Waals surface area contributed by atoms with Crippen LogP contribution in [0.1, 0.15) is 110 Å². The average Bonchev–Trinajstić information content (AvgIpc) is 2.78. The molecule has 0 radical (unpaired) electrons. The maximum atomic E-state index is 12.1. The summed E-state index contributed by atoms with van der Waals surface area (Å²) in [6.45, 7) is 4.39. The minimum Gasteiger partial charge on any atom is -0.380 e. The molecule has 0 rings (SSSR count). The molecule has 36 heavy (non-hydrogen) atoms. The van der Waals surface area contributed by atoms with Gasteiger partial charge in [0, 0.05) is 6.61 Å². The van der Waals surface area contributed by atoms with Gasteiger partial charge in [0.25, 0.3) is 0 Å². The van der Waals surface area contributed by atoms with Crippen LogP contribution in [0.3, 0.4) is 0 Å². The molecule has 2 unspecified atom stereocenters. The molecule has 0 aliphatic carbocycles. The van der Waals surface area contributed by atoms with E-state index in [4.69, 9.17) is 13.8 Å². The van der Waals surface area contributed by atoms with E-state index in [1.807, 2.05) is 40.1 Å². The highest BCUT2D eigenvalue weighted by Crippen LogP contribution is 2.43. The van der Waals surface area contributed by atoms with Gasteiger partial charge in [-0.25, -0.2) is 4.57 Å². The minimum atomic E-state index is -4.04. The quantitative estimate of drug-likeness (QED) is 0.0689. The summed E-state index contributed by atoms with van der Waals surface area (Å²) in [5.74, 6) is 0. The molecule has 8 heteroatoms. The van der Waals surface area contributed by atoms with E-state index in [2.05, 4.69) is 6.92 Å². The Morgan fingerprint density at radius 2 is 1.14 bits per heavy atom. The lowest BCUT2D eigenvalue weighted by atomic mass is 10.0. The first kappa shape index (κ1) is 36.0. The van der Waals surface area contributed by atoms with Gasteiger partial charge in [0.1, 0.15) is 13.2 Å². The lowest BCUT2D eigenvalue weighted by Gasteiger charge is -2.26. The fourth-order valence-electron chi connectivity index (χ4n) is 3.97. The number of ether oxygens (including phenoxy) is 1. The van der Waals surface area contributed by atoms with Gasteiger partial charge in [0.15, 0.2) is 0 Å². The number of hydrogen-bond donors (Lipinski definition) is 1. The van der Waals surface area contributed by atoms with Crippen molar-refractivity contribution < 1.29 is 27.7 Å². The Kier molecular flexibility index (Phi) is 22.9. The number of phosphoric acid groups is 1. The topological polar surface area (TPSA) is 68.2 Å². The summed E-state index contributed by atoms with van der Waals surface area (Å²) in [5.41, 5.74) is 0. The maximum Gasteiger partial charge on any atom is 0.472 e. The van der Waals surface area contributed by atoms with E-state index in [9.17, 15) is 9.46 Å². The number of quaternary nitrogens is 1. The van der Waals surface area contributed by atoms with Gasteiger partial charge in [0.2, 0.25) is 0 Å². The van der Waals surface area contributed by atoms with E-state index in [-0.39, 0.29) is 19.3 Å². The van der Waals surface area contributed by atoms with Crippen LogP contribution in [0.5, 0.6) is 0 Å². The molecular weight excluding hydrogens is 475 g/mol. The van der Waals surface area contributed by atoms with Gasteiger partial charge >= 0.3 is 7.82 Å². The fourth-order valence-corrected chi connectivity index (χ4v) is 4.71. The highest BCUT2D eigenvalue weighted by molar-refractivity contribution is 7.47. The third-order valence-corrected chi connectivity index (χ3v) is 7.61. The zero-order valence-electron chi connectivity index (χ0n) is 24.8. The molecule has 0 aliphatic heterocycles. The Morgan fingerprint density at radius 1 is 0.694 bits per heavy atom. The predicted molar refractivity (Wildman–Crippen MR) is 152 cm³/mol. The average molecular weight is 538 g/mol. The van der Waals surface area contributed by atoms with Crippen LogP contribution in [0.15, 0.2) is 0 Å². The lowest BCUT2D eigenvalue weighted by molar-refractivity contribution is -0.870. The van der Waals surface area contributed by atoms with Crippen LogP contribution in [0.25, 0.3) is 0 Å². The molecule has 0 aromatic carbocycles. The molecule has 218 valence electrons. The Bertz CT molecular complexity index is 529. The molecular formula is C28H62N2O5P+. The summed E-state index contributed by atoms with van der Waals surface area (Å²) in [4.78, 5) is 11.9. The number of phosphoric ester groups is 1. The Labute approximate surface area is 224 Å². The monoisotopic (exact) mass is 537 g/mol. The molecule has 2 atom stereocenters. The lowest BCUT2D eigenvalue weighted by Crippen LogP contribution is -2.38. The molecule has 7 nitrogen and oxygen atoms in total. The number of likely N-dealkylation sites (N-methyl/N-ethyl adjacent to an activating group) is 2. The van der Waals surface area contributed by atoms with E-state index >= 15 is 0 Å². The van der Waals surface area contributed by atoms with Crippen LogP contribution in [-0.4, -0.2) is 88.5 Å². The molecule has 0 amide bonds. The standard InChI is InChI=1S/C28H61N2O5P/c1-7-8-9-10-11-12-13-14-15-16-17-18-19-20-21-22-24-33-26-28(29(2)3)27-35-36(31,32)34-25-23-30(4,5)6/h28H,7-27H2,1-6H3/p+1. The zero-order valence-corrected chi connectivity index (χ0v) is 25.7. The summed E-state index contributed by atoms with van der Waals surface area (Å²) < 4.78 is 28.9. The van der Waals surface area contributed by atoms with Crippen molar-refractivity contribution in [1.82, 2.24) is 4.90 Å². The first-order valence-corrected chi connectivity index (χ1v) is 16.2.